The van der Waals surface area contributed by atoms with Gasteiger partial charge in [-0.25, -0.2) is 4.31 Å². The molecule has 9 heavy (non-hydrogen) atoms. The van der Waals surface area contributed by atoms with E-state index in [1.807, 2.05) is 4.31 Å². The monoisotopic (exact) mass is 147 g/mol. The highest BCUT2D eigenvalue weighted by Gasteiger charge is 2.17. The summed E-state index contributed by atoms with van der Waals surface area (Å²) >= 11 is 4.21. The quantitative estimate of drug-likeness (QED) is 0.533. The standard InChI is InChI=1S/C6H13NOS/c8-5-6-3-1-2-4-7(6)9/h6,8-9H,1-5H2. The van der Waals surface area contributed by atoms with E-state index in [0.29, 0.717) is 6.04 Å². The molecule has 0 spiro atoms. The van der Waals surface area contributed by atoms with Crippen molar-refractivity contribution in [2.75, 3.05) is 13.2 Å². The number of aliphatic hydroxyl groups excluding tert-OH is 1. The summed E-state index contributed by atoms with van der Waals surface area (Å²) in [6.45, 7) is 1.28. The predicted molar refractivity (Wildman–Crippen MR) is 40.4 cm³/mol. The Morgan fingerprint density at radius 3 is 2.78 bits per heavy atom. The van der Waals surface area contributed by atoms with E-state index >= 15 is 0 Å². The molecule has 1 aliphatic heterocycles. The van der Waals surface area contributed by atoms with Gasteiger partial charge in [0.05, 0.1) is 6.61 Å². The second-order valence-corrected chi connectivity index (χ2v) is 3.01. The van der Waals surface area contributed by atoms with E-state index in [9.17, 15) is 0 Å². The lowest BCUT2D eigenvalue weighted by molar-refractivity contribution is 0.166. The third-order valence-corrected chi connectivity index (χ3v) is 2.33. The minimum Gasteiger partial charge on any atom is -0.395 e. The lowest BCUT2D eigenvalue weighted by atomic mass is 10.1. The molecule has 1 heterocycles. The lowest BCUT2D eigenvalue weighted by Gasteiger charge is -2.29. The first-order chi connectivity index (χ1) is 4.34. The van der Waals surface area contributed by atoms with Crippen LogP contribution in [-0.4, -0.2) is 28.6 Å². The molecule has 1 atom stereocenters. The Balaban J connectivity index is 2.30. The summed E-state index contributed by atoms with van der Waals surface area (Å²) < 4.78 is 1.93. The van der Waals surface area contributed by atoms with Crippen molar-refractivity contribution in [3.05, 3.63) is 0 Å². The Morgan fingerprint density at radius 2 is 2.33 bits per heavy atom. The van der Waals surface area contributed by atoms with Gasteiger partial charge in [-0.1, -0.05) is 19.2 Å². The SMILES string of the molecule is OCC1CCCCN1S. The van der Waals surface area contributed by atoms with Crippen molar-refractivity contribution in [2.45, 2.75) is 25.3 Å². The maximum atomic E-state index is 8.77. The fraction of sp³-hybridized carbons (Fsp3) is 1.00. The van der Waals surface area contributed by atoms with Gasteiger partial charge in [-0.05, 0) is 12.8 Å². The molecule has 0 aromatic heterocycles. The van der Waals surface area contributed by atoms with Crippen LogP contribution in [0.5, 0.6) is 0 Å². The van der Waals surface area contributed by atoms with Crippen LogP contribution in [0, 0.1) is 0 Å². The van der Waals surface area contributed by atoms with Crippen molar-refractivity contribution >= 4 is 12.8 Å². The molecule has 1 rings (SSSR count). The highest BCUT2D eigenvalue weighted by Crippen LogP contribution is 2.17. The molecule has 0 aliphatic carbocycles. The molecule has 0 aromatic rings. The summed E-state index contributed by atoms with van der Waals surface area (Å²) in [6, 6.07) is 0.307. The molecular weight excluding hydrogens is 134 g/mol. The molecule has 0 saturated carbocycles. The third-order valence-electron chi connectivity index (χ3n) is 1.81. The van der Waals surface area contributed by atoms with Crippen LogP contribution >= 0.6 is 12.8 Å². The van der Waals surface area contributed by atoms with E-state index in [0.717, 1.165) is 13.0 Å². The van der Waals surface area contributed by atoms with Crippen molar-refractivity contribution < 1.29 is 5.11 Å². The summed E-state index contributed by atoms with van der Waals surface area (Å²) in [6.07, 6.45) is 3.56. The number of hydrogen-bond acceptors (Lipinski definition) is 3. The summed E-state index contributed by atoms with van der Waals surface area (Å²) in [7, 11) is 0. The minimum absolute atomic E-state index is 0.253. The molecule has 1 N–H and O–H groups in total. The van der Waals surface area contributed by atoms with Crippen LogP contribution in [0.25, 0.3) is 0 Å². The number of piperidine rings is 1. The third kappa shape index (κ3) is 1.85. The van der Waals surface area contributed by atoms with Gasteiger partial charge >= 0.3 is 0 Å². The second-order valence-electron chi connectivity index (χ2n) is 2.50. The van der Waals surface area contributed by atoms with Gasteiger partial charge in [-0.15, -0.1) is 0 Å². The summed E-state index contributed by atoms with van der Waals surface area (Å²) in [4.78, 5) is 0. The maximum absolute atomic E-state index is 8.77. The fourth-order valence-electron chi connectivity index (χ4n) is 1.17. The van der Waals surface area contributed by atoms with Gasteiger partial charge in [-0.3, -0.25) is 0 Å². The van der Waals surface area contributed by atoms with Crippen LogP contribution in [0.4, 0.5) is 0 Å². The first-order valence-corrected chi connectivity index (χ1v) is 3.81. The second kappa shape index (κ2) is 3.44. The smallest absolute Gasteiger partial charge is 0.0596 e. The molecule has 3 heteroatoms. The molecule has 1 saturated heterocycles. The molecule has 0 bridgehead atoms. The van der Waals surface area contributed by atoms with E-state index in [4.69, 9.17) is 5.11 Å². The van der Waals surface area contributed by atoms with Gasteiger partial charge in [0.15, 0.2) is 0 Å². The maximum Gasteiger partial charge on any atom is 0.0596 e. The number of hydrogen-bond donors (Lipinski definition) is 2. The van der Waals surface area contributed by atoms with Crippen molar-refractivity contribution in [1.82, 2.24) is 4.31 Å². The normalized spacial score (nSPS) is 30.7. The van der Waals surface area contributed by atoms with Gasteiger partial charge in [-0.2, -0.15) is 0 Å². The van der Waals surface area contributed by atoms with Crippen LogP contribution in [0.3, 0.4) is 0 Å². The zero-order valence-electron chi connectivity index (χ0n) is 5.45. The highest BCUT2D eigenvalue weighted by atomic mass is 32.1. The minimum atomic E-state index is 0.253. The molecule has 0 amide bonds. The Bertz CT molecular complexity index is 89.1. The topological polar surface area (TPSA) is 23.5 Å². The van der Waals surface area contributed by atoms with Crippen LogP contribution in [-0.2, 0) is 0 Å². The fourth-order valence-corrected chi connectivity index (χ4v) is 1.50. The van der Waals surface area contributed by atoms with E-state index < -0.39 is 0 Å². The number of rotatable bonds is 1. The molecule has 1 aliphatic rings. The van der Waals surface area contributed by atoms with Crippen molar-refractivity contribution in [2.24, 2.45) is 0 Å². The first kappa shape index (κ1) is 7.38. The molecule has 1 unspecified atom stereocenters. The Labute approximate surface area is 61.4 Å². The first-order valence-electron chi connectivity index (χ1n) is 3.41. The Kier molecular flexibility index (Phi) is 2.82. The van der Waals surface area contributed by atoms with Crippen LogP contribution in [0.1, 0.15) is 19.3 Å². The molecule has 0 aromatic carbocycles. The van der Waals surface area contributed by atoms with Gasteiger partial charge < -0.3 is 5.11 Å². The number of nitrogens with zero attached hydrogens (tertiary/aromatic N) is 1. The number of thiol groups is 1. The molecule has 0 radical (unpaired) electrons. The zero-order chi connectivity index (χ0) is 6.69. The zero-order valence-corrected chi connectivity index (χ0v) is 6.35. The molecule has 54 valence electrons. The van der Waals surface area contributed by atoms with Crippen molar-refractivity contribution in [3.8, 4) is 0 Å². The summed E-state index contributed by atoms with van der Waals surface area (Å²) in [5.74, 6) is 0. The predicted octanol–water partition coefficient (Wildman–Crippen LogP) is 0.678. The summed E-state index contributed by atoms with van der Waals surface area (Å²) in [5.41, 5.74) is 0. The van der Waals surface area contributed by atoms with Crippen LogP contribution < -0.4 is 0 Å². The molecule has 2 nitrogen and oxygen atoms in total. The van der Waals surface area contributed by atoms with Gasteiger partial charge in [0, 0.05) is 12.6 Å². The Hall–Kier alpha value is 0.270. The number of aliphatic hydroxyl groups is 1. The van der Waals surface area contributed by atoms with Crippen molar-refractivity contribution in [3.63, 3.8) is 0 Å². The van der Waals surface area contributed by atoms with Crippen molar-refractivity contribution in [1.29, 1.82) is 0 Å². The summed E-state index contributed by atoms with van der Waals surface area (Å²) in [5, 5.41) is 8.77. The van der Waals surface area contributed by atoms with Gasteiger partial charge in [0.2, 0.25) is 0 Å². The lowest BCUT2D eigenvalue weighted by Crippen LogP contribution is -2.34. The average Bonchev–Trinajstić information content (AvgIpc) is 1.89. The van der Waals surface area contributed by atoms with Gasteiger partial charge in [0.1, 0.15) is 0 Å². The largest absolute Gasteiger partial charge is 0.395 e. The molecular formula is C6H13NOS. The highest BCUT2D eigenvalue weighted by molar-refractivity contribution is 7.77. The van der Waals surface area contributed by atoms with Crippen LogP contribution in [0.2, 0.25) is 0 Å². The van der Waals surface area contributed by atoms with E-state index in [1.165, 1.54) is 12.8 Å². The average molecular weight is 147 g/mol. The molecule has 1 fully saturated rings. The van der Waals surface area contributed by atoms with E-state index in [-0.39, 0.29) is 6.61 Å². The van der Waals surface area contributed by atoms with E-state index in [1.54, 1.807) is 0 Å². The van der Waals surface area contributed by atoms with Gasteiger partial charge in [0.25, 0.3) is 0 Å². The van der Waals surface area contributed by atoms with Crippen LogP contribution in [0.15, 0.2) is 0 Å². The Morgan fingerprint density at radius 1 is 1.56 bits per heavy atom. The van der Waals surface area contributed by atoms with E-state index in [2.05, 4.69) is 12.8 Å².